The van der Waals surface area contributed by atoms with Crippen molar-refractivity contribution in [3.63, 3.8) is 0 Å². The van der Waals surface area contributed by atoms with E-state index in [1.807, 2.05) is 43.5 Å². The van der Waals surface area contributed by atoms with Crippen LogP contribution in [0, 0.1) is 0 Å². The van der Waals surface area contributed by atoms with Gasteiger partial charge in [0.1, 0.15) is 22.7 Å². The Balaban J connectivity index is 1.40. The lowest BCUT2D eigenvalue weighted by Crippen LogP contribution is -2.46. The summed E-state index contributed by atoms with van der Waals surface area (Å²) in [6, 6.07) is 1.18. The normalized spacial score (nSPS) is 18.6. The largest absolute Gasteiger partial charge is 0.393 e. The number of carbonyl (C=O) groups is 1. The number of anilines is 1. The zero-order valence-corrected chi connectivity index (χ0v) is 23.9. The van der Waals surface area contributed by atoms with Gasteiger partial charge in [0.05, 0.1) is 42.5 Å². The van der Waals surface area contributed by atoms with E-state index >= 15 is 0 Å². The molecular weight excluding hydrogens is 562 g/mol. The van der Waals surface area contributed by atoms with Gasteiger partial charge in [-0.15, -0.1) is 10.2 Å². The highest BCUT2D eigenvalue weighted by Crippen LogP contribution is 2.34. The quantitative estimate of drug-likeness (QED) is 0.308. The summed E-state index contributed by atoms with van der Waals surface area (Å²) in [6.45, 7) is 7.03. The molecule has 2 atom stereocenters. The molecule has 0 aromatic carbocycles. The number of piperidine rings is 1. The van der Waals surface area contributed by atoms with E-state index in [-0.39, 0.29) is 52.1 Å². The first-order chi connectivity index (χ1) is 19.3. The van der Waals surface area contributed by atoms with Gasteiger partial charge in [0.2, 0.25) is 0 Å². The molecule has 0 radical (unpaired) electrons. The molecule has 1 saturated heterocycles. The summed E-state index contributed by atoms with van der Waals surface area (Å²) in [5.74, 6) is -0.0225. The number of likely N-dealkylation sites (tertiary alicyclic amines) is 1. The SMILES string of the molecule is CN1CC[C@@H](Nc2cncc3c(CC(F)(F)F)c(-c4nnc(CNC(=O)c5ccn(C(C)(C)C)c5)s4)nn23)[C@@H](F)C1. The molecule has 0 aliphatic carbocycles. The molecule has 1 aliphatic rings. The number of amides is 1. The fraction of sp³-hybridized carbons (Fsp3) is 0.500. The highest BCUT2D eigenvalue weighted by Gasteiger charge is 2.34. The van der Waals surface area contributed by atoms with Crippen LogP contribution in [0.15, 0.2) is 30.9 Å². The molecule has 220 valence electrons. The van der Waals surface area contributed by atoms with E-state index in [0.717, 1.165) is 11.3 Å². The van der Waals surface area contributed by atoms with Crippen molar-refractivity contribution in [3.05, 3.63) is 47.0 Å². The van der Waals surface area contributed by atoms with E-state index in [0.29, 0.717) is 23.5 Å². The van der Waals surface area contributed by atoms with Gasteiger partial charge in [0.15, 0.2) is 5.01 Å². The molecular formula is C26H31F4N9OS. The highest BCUT2D eigenvalue weighted by molar-refractivity contribution is 7.14. The zero-order valence-electron chi connectivity index (χ0n) is 23.0. The van der Waals surface area contributed by atoms with Gasteiger partial charge < -0.3 is 20.1 Å². The maximum absolute atomic E-state index is 14.7. The number of hydrogen-bond donors (Lipinski definition) is 2. The van der Waals surface area contributed by atoms with Crippen LogP contribution in [0.3, 0.4) is 0 Å². The van der Waals surface area contributed by atoms with E-state index in [1.165, 1.54) is 16.9 Å². The second kappa shape index (κ2) is 11.0. The van der Waals surface area contributed by atoms with Gasteiger partial charge in [-0.3, -0.25) is 9.78 Å². The molecule has 2 N–H and O–H groups in total. The Hall–Kier alpha value is -3.59. The lowest BCUT2D eigenvalue weighted by atomic mass is 10.0. The van der Waals surface area contributed by atoms with Crippen molar-refractivity contribution < 1.29 is 22.4 Å². The molecule has 1 aliphatic heterocycles. The minimum absolute atomic E-state index is 0.0101. The van der Waals surface area contributed by atoms with Crippen LogP contribution in [-0.4, -0.2) is 78.7 Å². The Kier molecular flexibility index (Phi) is 7.76. The average molecular weight is 594 g/mol. The smallest absolute Gasteiger partial charge is 0.363 e. The van der Waals surface area contributed by atoms with Gasteiger partial charge in [0.25, 0.3) is 5.91 Å². The lowest BCUT2D eigenvalue weighted by molar-refractivity contribution is -0.126. The Morgan fingerprint density at radius 1 is 1.20 bits per heavy atom. The van der Waals surface area contributed by atoms with E-state index < -0.39 is 24.8 Å². The fourth-order valence-corrected chi connectivity index (χ4v) is 5.49. The number of nitrogens with zero attached hydrogens (tertiary/aromatic N) is 7. The van der Waals surface area contributed by atoms with Crippen molar-refractivity contribution >= 4 is 28.6 Å². The standard InChI is InChI=1S/C26H31F4N9OS/c1-25(2,3)38-8-5-15(13-38)23(40)32-12-21-34-35-24(41-21)22-16(9-26(28,29)30)19-10-31-11-20(39(19)36-22)33-18-6-7-37(4)14-17(18)27/h5,8,10-11,13,17-18,33H,6-7,9,12,14H2,1-4H3,(H,32,40)/t17-,18+/m0/s1. The topological polar surface area (TPSA) is 105 Å². The monoisotopic (exact) mass is 593 g/mol. The molecule has 15 heteroatoms. The Labute approximate surface area is 237 Å². The summed E-state index contributed by atoms with van der Waals surface area (Å²) in [5.41, 5.74) is 0.338. The first-order valence-corrected chi connectivity index (χ1v) is 13.9. The molecule has 10 nitrogen and oxygen atoms in total. The number of halogens is 4. The van der Waals surface area contributed by atoms with E-state index in [2.05, 4.69) is 30.9 Å². The van der Waals surface area contributed by atoms with Gasteiger partial charge in [-0.05, 0) is 40.3 Å². The van der Waals surface area contributed by atoms with Crippen LogP contribution in [0.25, 0.3) is 16.2 Å². The third kappa shape index (κ3) is 6.50. The van der Waals surface area contributed by atoms with Crippen molar-refractivity contribution in [1.29, 1.82) is 0 Å². The second-order valence-corrected chi connectivity index (χ2v) is 12.3. The molecule has 0 bridgehead atoms. The van der Waals surface area contributed by atoms with E-state index in [4.69, 9.17) is 0 Å². The minimum Gasteiger partial charge on any atom is -0.363 e. The van der Waals surface area contributed by atoms with Crippen LogP contribution in [0.1, 0.15) is 48.1 Å². The molecule has 4 aromatic heterocycles. The molecule has 0 saturated carbocycles. The summed E-state index contributed by atoms with van der Waals surface area (Å²) in [5, 5.41) is 19.1. The van der Waals surface area contributed by atoms with Crippen molar-refractivity contribution in [2.45, 2.75) is 64.1 Å². The van der Waals surface area contributed by atoms with Crippen LogP contribution in [0.5, 0.6) is 0 Å². The number of hydrogen-bond acceptors (Lipinski definition) is 8. The number of rotatable bonds is 7. The molecule has 1 fully saturated rings. The number of nitrogens with one attached hydrogen (secondary N) is 2. The predicted molar refractivity (Wildman–Crippen MR) is 147 cm³/mol. The molecule has 5 heterocycles. The van der Waals surface area contributed by atoms with Crippen LogP contribution in [0.2, 0.25) is 0 Å². The maximum atomic E-state index is 14.7. The van der Waals surface area contributed by atoms with Gasteiger partial charge in [-0.1, -0.05) is 11.3 Å². The van der Waals surface area contributed by atoms with E-state index in [1.54, 1.807) is 12.3 Å². The Morgan fingerprint density at radius 3 is 2.66 bits per heavy atom. The van der Waals surface area contributed by atoms with Crippen LogP contribution in [0.4, 0.5) is 23.4 Å². The first-order valence-electron chi connectivity index (χ1n) is 13.1. The summed E-state index contributed by atoms with van der Waals surface area (Å²) in [7, 11) is 1.83. The van der Waals surface area contributed by atoms with Gasteiger partial charge in [-0.25, -0.2) is 8.91 Å². The van der Waals surface area contributed by atoms with Crippen molar-refractivity contribution in [1.82, 2.24) is 39.6 Å². The average Bonchev–Trinajstić information content (AvgIpc) is 3.63. The lowest BCUT2D eigenvalue weighted by Gasteiger charge is -2.33. The van der Waals surface area contributed by atoms with Crippen molar-refractivity contribution in [3.8, 4) is 10.7 Å². The molecule has 41 heavy (non-hydrogen) atoms. The van der Waals surface area contributed by atoms with Gasteiger partial charge in [-0.2, -0.15) is 18.3 Å². The fourth-order valence-electron chi connectivity index (χ4n) is 4.69. The third-order valence-electron chi connectivity index (χ3n) is 6.90. The van der Waals surface area contributed by atoms with E-state index in [9.17, 15) is 22.4 Å². The maximum Gasteiger partial charge on any atom is 0.393 e. The van der Waals surface area contributed by atoms with Crippen LogP contribution >= 0.6 is 11.3 Å². The number of carbonyl (C=O) groups excluding carboxylic acids is 1. The molecule has 0 unspecified atom stereocenters. The first kappa shape index (κ1) is 28.9. The molecule has 5 rings (SSSR count). The third-order valence-corrected chi connectivity index (χ3v) is 7.83. The summed E-state index contributed by atoms with van der Waals surface area (Å²) < 4.78 is 58.9. The van der Waals surface area contributed by atoms with Gasteiger partial charge >= 0.3 is 6.18 Å². The summed E-state index contributed by atoms with van der Waals surface area (Å²) >= 11 is 1.04. The summed E-state index contributed by atoms with van der Waals surface area (Å²) in [4.78, 5) is 18.6. The molecule has 1 amide bonds. The highest BCUT2D eigenvalue weighted by atomic mass is 32.1. The molecule has 4 aromatic rings. The second-order valence-electron chi connectivity index (χ2n) is 11.2. The number of alkyl halides is 4. The Bertz CT molecular complexity index is 1540. The number of aromatic nitrogens is 6. The van der Waals surface area contributed by atoms with Crippen LogP contribution in [-0.2, 0) is 18.5 Å². The van der Waals surface area contributed by atoms with Crippen LogP contribution < -0.4 is 10.6 Å². The zero-order chi connectivity index (χ0) is 29.5. The Morgan fingerprint density at radius 2 is 1.98 bits per heavy atom. The number of fused-ring (bicyclic) bond motifs is 1. The van der Waals surface area contributed by atoms with Crippen molar-refractivity contribution in [2.24, 2.45) is 0 Å². The molecule has 0 spiro atoms. The summed E-state index contributed by atoms with van der Waals surface area (Å²) in [6.07, 6.45) is -0.140. The van der Waals surface area contributed by atoms with Gasteiger partial charge in [0, 0.05) is 36.6 Å². The predicted octanol–water partition coefficient (Wildman–Crippen LogP) is 4.29. The minimum atomic E-state index is -4.52. The van der Waals surface area contributed by atoms with Crippen molar-refractivity contribution in [2.75, 3.05) is 25.5 Å².